The van der Waals surface area contributed by atoms with Crippen molar-refractivity contribution >= 4 is 17.3 Å². The minimum absolute atomic E-state index is 0.345. The van der Waals surface area contributed by atoms with Gasteiger partial charge in [0.05, 0.1) is 5.69 Å². The van der Waals surface area contributed by atoms with Crippen LogP contribution in [0, 0.1) is 5.92 Å². The summed E-state index contributed by atoms with van der Waals surface area (Å²) < 4.78 is 0. The first-order chi connectivity index (χ1) is 12.8. The molecule has 0 N–H and O–H groups in total. The van der Waals surface area contributed by atoms with Crippen LogP contribution in [0.2, 0.25) is 5.02 Å². The molecule has 1 aliphatic rings. The van der Waals surface area contributed by atoms with Gasteiger partial charge in [-0.1, -0.05) is 65.3 Å². The maximum Gasteiger partial charge on any atom is 0.142 e. The van der Waals surface area contributed by atoms with Gasteiger partial charge < -0.3 is 4.84 Å². The van der Waals surface area contributed by atoms with Crippen molar-refractivity contribution in [3.8, 4) is 0 Å². The zero-order chi connectivity index (χ0) is 17.8. The van der Waals surface area contributed by atoms with Crippen molar-refractivity contribution in [1.82, 2.24) is 4.98 Å². The Kier molecular flexibility index (Phi) is 4.98. The molecule has 3 nitrogen and oxygen atoms in total. The molecule has 1 saturated carbocycles. The molecule has 0 radical (unpaired) electrons. The first-order valence-electron chi connectivity index (χ1n) is 8.72. The molecule has 0 unspecified atom stereocenters. The van der Waals surface area contributed by atoms with Crippen molar-refractivity contribution < 1.29 is 4.84 Å². The Bertz CT molecular complexity index is 879. The molecule has 4 heteroatoms. The van der Waals surface area contributed by atoms with E-state index in [0.717, 1.165) is 28.4 Å². The van der Waals surface area contributed by atoms with Gasteiger partial charge in [-0.15, -0.1) is 0 Å². The highest BCUT2D eigenvalue weighted by Gasteiger charge is 2.43. The van der Waals surface area contributed by atoms with Crippen molar-refractivity contribution in [2.75, 3.05) is 0 Å². The lowest BCUT2D eigenvalue weighted by Crippen LogP contribution is -2.08. The molecule has 1 aromatic heterocycles. The molecule has 0 saturated heterocycles. The molecule has 1 aliphatic carbocycles. The third-order valence-corrected chi connectivity index (χ3v) is 4.86. The van der Waals surface area contributed by atoms with Crippen LogP contribution in [0.25, 0.3) is 0 Å². The second-order valence-corrected chi connectivity index (χ2v) is 6.89. The van der Waals surface area contributed by atoms with Crippen molar-refractivity contribution in [2.45, 2.75) is 18.9 Å². The van der Waals surface area contributed by atoms with Crippen LogP contribution in [-0.4, -0.2) is 10.7 Å². The van der Waals surface area contributed by atoms with Gasteiger partial charge in [-0.3, -0.25) is 4.98 Å². The van der Waals surface area contributed by atoms with Gasteiger partial charge in [-0.2, -0.15) is 0 Å². The van der Waals surface area contributed by atoms with Crippen LogP contribution in [0.3, 0.4) is 0 Å². The van der Waals surface area contributed by atoms with E-state index < -0.39 is 0 Å². The number of aromatic nitrogens is 1. The molecule has 1 fully saturated rings. The Hall–Kier alpha value is -2.65. The van der Waals surface area contributed by atoms with E-state index in [1.165, 1.54) is 5.56 Å². The Labute approximate surface area is 158 Å². The Morgan fingerprint density at radius 1 is 1.00 bits per heavy atom. The quantitative estimate of drug-likeness (QED) is 0.431. The van der Waals surface area contributed by atoms with E-state index >= 15 is 0 Å². The van der Waals surface area contributed by atoms with E-state index in [1.807, 2.05) is 48.5 Å². The SMILES string of the molecule is Clc1ccc(CO/N=C(/c2ccccn2)[C@H]2C[C@H]2c2ccccc2)cc1. The number of hydrogen-bond donors (Lipinski definition) is 0. The fourth-order valence-corrected chi connectivity index (χ4v) is 3.27. The average molecular weight is 363 g/mol. The molecular weight excluding hydrogens is 344 g/mol. The number of rotatable bonds is 6. The fourth-order valence-electron chi connectivity index (χ4n) is 3.14. The van der Waals surface area contributed by atoms with Crippen LogP contribution in [0.15, 0.2) is 84.1 Å². The Balaban J connectivity index is 1.51. The highest BCUT2D eigenvalue weighted by Crippen LogP contribution is 2.49. The molecule has 130 valence electrons. The summed E-state index contributed by atoms with van der Waals surface area (Å²) in [5.41, 5.74) is 4.19. The molecule has 1 heterocycles. The van der Waals surface area contributed by atoms with E-state index in [2.05, 4.69) is 34.4 Å². The minimum Gasteiger partial charge on any atom is -0.391 e. The van der Waals surface area contributed by atoms with Crippen LogP contribution in [0.4, 0.5) is 0 Å². The molecule has 3 aromatic rings. The summed E-state index contributed by atoms with van der Waals surface area (Å²) in [7, 11) is 0. The topological polar surface area (TPSA) is 34.5 Å². The monoisotopic (exact) mass is 362 g/mol. The maximum atomic E-state index is 5.92. The third-order valence-electron chi connectivity index (χ3n) is 4.60. The molecular formula is C22H19ClN2O. The van der Waals surface area contributed by atoms with E-state index in [9.17, 15) is 0 Å². The molecule has 0 amide bonds. The summed E-state index contributed by atoms with van der Waals surface area (Å²) in [5.74, 6) is 0.827. The highest BCUT2D eigenvalue weighted by atomic mass is 35.5. The molecule has 0 aliphatic heterocycles. The molecule has 4 rings (SSSR count). The first-order valence-corrected chi connectivity index (χ1v) is 9.10. The van der Waals surface area contributed by atoms with Crippen LogP contribution in [0.1, 0.15) is 29.2 Å². The van der Waals surface area contributed by atoms with Gasteiger partial charge in [0.25, 0.3) is 0 Å². The second kappa shape index (κ2) is 7.71. The number of oxime groups is 1. The van der Waals surface area contributed by atoms with E-state index in [1.54, 1.807) is 6.20 Å². The lowest BCUT2D eigenvalue weighted by molar-refractivity contribution is 0.129. The van der Waals surface area contributed by atoms with Crippen LogP contribution in [-0.2, 0) is 11.4 Å². The summed E-state index contributed by atoms with van der Waals surface area (Å²) >= 11 is 5.92. The van der Waals surface area contributed by atoms with Gasteiger partial charge in [0, 0.05) is 17.1 Å². The van der Waals surface area contributed by atoms with Gasteiger partial charge in [0.15, 0.2) is 0 Å². The molecule has 0 spiro atoms. The summed E-state index contributed by atoms with van der Waals surface area (Å²) in [6.07, 6.45) is 2.87. The summed E-state index contributed by atoms with van der Waals surface area (Å²) in [4.78, 5) is 10.1. The van der Waals surface area contributed by atoms with Crippen molar-refractivity contribution in [3.05, 3.63) is 101 Å². The summed E-state index contributed by atoms with van der Waals surface area (Å²) in [6.45, 7) is 0.413. The van der Waals surface area contributed by atoms with Crippen molar-refractivity contribution in [3.63, 3.8) is 0 Å². The van der Waals surface area contributed by atoms with Crippen molar-refractivity contribution in [2.24, 2.45) is 11.1 Å². The second-order valence-electron chi connectivity index (χ2n) is 6.45. The first kappa shape index (κ1) is 16.8. The van der Waals surface area contributed by atoms with Crippen molar-refractivity contribution in [1.29, 1.82) is 0 Å². The Morgan fingerprint density at radius 2 is 1.77 bits per heavy atom. The van der Waals surface area contributed by atoms with Gasteiger partial charge in [-0.25, -0.2) is 0 Å². The molecule has 0 bridgehead atoms. The van der Waals surface area contributed by atoms with Gasteiger partial charge in [0.1, 0.15) is 12.3 Å². The van der Waals surface area contributed by atoms with Gasteiger partial charge in [-0.05, 0) is 47.7 Å². The van der Waals surface area contributed by atoms with E-state index in [0.29, 0.717) is 18.4 Å². The smallest absolute Gasteiger partial charge is 0.142 e. The van der Waals surface area contributed by atoms with Crippen LogP contribution >= 0.6 is 11.6 Å². The minimum atomic E-state index is 0.345. The number of benzene rings is 2. The standard InChI is InChI=1S/C22H19ClN2O/c23-18-11-9-16(10-12-18)15-26-25-22(21-8-4-5-13-24-21)20-14-19(20)17-6-2-1-3-7-17/h1-13,19-20H,14-15H2/b25-22+/t19-,20-/m0/s1. The largest absolute Gasteiger partial charge is 0.391 e. The molecule has 2 aromatic carbocycles. The van der Waals surface area contributed by atoms with E-state index in [-0.39, 0.29) is 0 Å². The number of pyridine rings is 1. The fraction of sp³-hybridized carbons (Fsp3) is 0.182. The number of hydrogen-bond acceptors (Lipinski definition) is 3. The zero-order valence-electron chi connectivity index (χ0n) is 14.3. The summed E-state index contributed by atoms with van der Waals surface area (Å²) in [6, 6.07) is 24.1. The normalized spacial score (nSPS) is 19.2. The lowest BCUT2D eigenvalue weighted by atomic mass is 10.1. The Morgan fingerprint density at radius 3 is 2.50 bits per heavy atom. The van der Waals surface area contributed by atoms with Crippen LogP contribution < -0.4 is 0 Å². The lowest BCUT2D eigenvalue weighted by Gasteiger charge is -2.07. The summed E-state index contributed by atoms with van der Waals surface area (Å²) in [5, 5.41) is 5.19. The highest BCUT2D eigenvalue weighted by molar-refractivity contribution is 6.30. The average Bonchev–Trinajstić information content (AvgIpc) is 3.49. The van der Waals surface area contributed by atoms with Crippen LogP contribution in [0.5, 0.6) is 0 Å². The number of halogens is 1. The van der Waals surface area contributed by atoms with E-state index in [4.69, 9.17) is 16.4 Å². The predicted molar refractivity (Wildman–Crippen MR) is 104 cm³/mol. The van der Waals surface area contributed by atoms with Gasteiger partial charge in [0.2, 0.25) is 0 Å². The maximum absolute atomic E-state index is 5.92. The van der Waals surface area contributed by atoms with Gasteiger partial charge >= 0.3 is 0 Å². The number of nitrogens with zero attached hydrogens (tertiary/aromatic N) is 2. The molecule has 2 atom stereocenters. The zero-order valence-corrected chi connectivity index (χ0v) is 15.0. The molecule has 26 heavy (non-hydrogen) atoms. The third kappa shape index (κ3) is 3.94. The predicted octanol–water partition coefficient (Wildman–Crippen LogP) is 5.46.